The van der Waals surface area contributed by atoms with Crippen molar-refractivity contribution >= 4 is 22.7 Å². The summed E-state index contributed by atoms with van der Waals surface area (Å²) in [7, 11) is 1.70. The summed E-state index contributed by atoms with van der Waals surface area (Å²) in [6, 6.07) is 12.3. The van der Waals surface area contributed by atoms with Crippen LogP contribution in [0, 0.1) is 11.8 Å². The Balaban J connectivity index is 1.26. The van der Waals surface area contributed by atoms with Gasteiger partial charge in [0.15, 0.2) is 0 Å². The van der Waals surface area contributed by atoms with E-state index in [4.69, 9.17) is 4.74 Å². The van der Waals surface area contributed by atoms with E-state index < -0.39 is 0 Å². The van der Waals surface area contributed by atoms with Crippen LogP contribution in [0.15, 0.2) is 59.9 Å². The minimum absolute atomic E-state index is 0.284. The molecule has 3 aromatic rings. The number of thioether (sulfide) groups is 1. The number of ether oxygens (including phenoxy) is 1. The number of fused-ring (bicyclic) bond motifs is 1. The quantitative estimate of drug-likeness (QED) is 0.452. The van der Waals surface area contributed by atoms with Crippen LogP contribution in [0.5, 0.6) is 5.75 Å². The van der Waals surface area contributed by atoms with Crippen LogP contribution in [0.2, 0.25) is 0 Å². The number of aromatic nitrogens is 2. The first-order valence-corrected chi connectivity index (χ1v) is 12.5. The molecule has 2 aromatic heterocycles. The van der Waals surface area contributed by atoms with Crippen LogP contribution >= 0.6 is 11.8 Å². The van der Waals surface area contributed by atoms with E-state index in [0.717, 1.165) is 55.9 Å². The van der Waals surface area contributed by atoms with Crippen molar-refractivity contribution in [2.24, 2.45) is 11.8 Å². The van der Waals surface area contributed by atoms with Gasteiger partial charge in [0, 0.05) is 54.3 Å². The Labute approximate surface area is 195 Å². The van der Waals surface area contributed by atoms with Crippen molar-refractivity contribution in [3.8, 4) is 5.75 Å². The molecule has 5 nitrogen and oxygen atoms in total. The van der Waals surface area contributed by atoms with Crippen molar-refractivity contribution < 1.29 is 9.84 Å². The summed E-state index contributed by atoms with van der Waals surface area (Å²) in [5, 5.41) is 11.2. The number of hydrogen-bond acceptors (Lipinski definition) is 6. The number of nitrogens with zero attached hydrogens (tertiary/aromatic N) is 3. The number of rotatable bonds is 10. The Bertz CT molecular complexity index is 985. The smallest absolute Gasteiger partial charge is 0.119 e. The summed E-state index contributed by atoms with van der Waals surface area (Å²) in [6.07, 6.45) is 10.2. The summed E-state index contributed by atoms with van der Waals surface area (Å²) < 4.78 is 5.40. The number of pyridine rings is 2. The van der Waals surface area contributed by atoms with Gasteiger partial charge in [-0.3, -0.25) is 9.97 Å². The summed E-state index contributed by atoms with van der Waals surface area (Å²) in [5.41, 5.74) is 2.35. The molecule has 4 rings (SSSR count). The number of hydrogen-bond donors (Lipinski definition) is 1. The molecule has 0 bridgehead atoms. The summed E-state index contributed by atoms with van der Waals surface area (Å²) in [4.78, 5) is 12.4. The average Bonchev–Trinajstić information content (AvgIpc) is 2.85. The normalized spacial score (nSPS) is 19.3. The van der Waals surface area contributed by atoms with Gasteiger partial charge in [0.25, 0.3) is 0 Å². The minimum atomic E-state index is 0.284. The highest BCUT2D eigenvalue weighted by Gasteiger charge is 2.28. The largest absolute Gasteiger partial charge is 0.497 e. The number of aliphatic hydroxyl groups is 1. The fourth-order valence-electron chi connectivity index (χ4n) is 4.75. The van der Waals surface area contributed by atoms with Gasteiger partial charge in [0.2, 0.25) is 0 Å². The Kier molecular flexibility index (Phi) is 8.37. The summed E-state index contributed by atoms with van der Waals surface area (Å²) >= 11 is 1.86. The number of methoxy groups -OCH3 is 1. The Morgan fingerprint density at radius 2 is 2.12 bits per heavy atom. The summed E-state index contributed by atoms with van der Waals surface area (Å²) in [6.45, 7) is 3.48. The maximum Gasteiger partial charge on any atom is 0.119 e. The third kappa shape index (κ3) is 6.00. The van der Waals surface area contributed by atoms with E-state index in [9.17, 15) is 5.11 Å². The van der Waals surface area contributed by atoms with Crippen LogP contribution in [0.25, 0.3) is 10.9 Å². The maximum atomic E-state index is 10.0. The molecule has 0 saturated carbocycles. The van der Waals surface area contributed by atoms with Crippen molar-refractivity contribution in [1.29, 1.82) is 0 Å². The Morgan fingerprint density at radius 3 is 2.94 bits per heavy atom. The lowest BCUT2D eigenvalue weighted by Gasteiger charge is -2.38. The van der Waals surface area contributed by atoms with Crippen molar-refractivity contribution in [2.45, 2.75) is 30.6 Å². The van der Waals surface area contributed by atoms with Crippen LogP contribution in [0.3, 0.4) is 0 Å². The molecule has 1 fully saturated rings. The van der Waals surface area contributed by atoms with Gasteiger partial charge in [0.1, 0.15) is 5.75 Å². The van der Waals surface area contributed by atoms with E-state index in [1.54, 1.807) is 7.11 Å². The second kappa shape index (κ2) is 11.6. The molecule has 1 N–H and O–H groups in total. The van der Waals surface area contributed by atoms with Gasteiger partial charge >= 0.3 is 0 Å². The number of aryl methyl sites for hydroxylation is 1. The SMILES string of the molecule is COc1ccc2nccc(CCC[C@@H]3CCN(CCSc4cccnc4)C[C@@H]3CO)c2c1. The highest BCUT2D eigenvalue weighted by atomic mass is 32.2. The highest BCUT2D eigenvalue weighted by molar-refractivity contribution is 7.99. The topological polar surface area (TPSA) is 58.5 Å². The van der Waals surface area contributed by atoms with Crippen LogP contribution < -0.4 is 4.74 Å². The zero-order valence-electron chi connectivity index (χ0n) is 18.8. The molecule has 1 aliphatic heterocycles. The third-order valence-corrected chi connectivity index (χ3v) is 7.54. The minimum Gasteiger partial charge on any atom is -0.497 e. The highest BCUT2D eigenvalue weighted by Crippen LogP contribution is 2.30. The van der Waals surface area contributed by atoms with Gasteiger partial charge in [-0.05, 0) is 86.0 Å². The number of benzene rings is 1. The zero-order chi connectivity index (χ0) is 22.2. The first kappa shape index (κ1) is 23.0. The third-order valence-electron chi connectivity index (χ3n) is 6.58. The lowest BCUT2D eigenvalue weighted by atomic mass is 9.82. The van der Waals surface area contributed by atoms with Gasteiger partial charge in [-0.25, -0.2) is 0 Å². The number of piperidine rings is 1. The molecule has 0 amide bonds. The maximum absolute atomic E-state index is 10.0. The zero-order valence-corrected chi connectivity index (χ0v) is 19.6. The molecule has 0 spiro atoms. The predicted octanol–water partition coefficient (Wildman–Crippen LogP) is 4.68. The van der Waals surface area contributed by atoms with Crippen LogP contribution in [-0.2, 0) is 6.42 Å². The molecule has 170 valence electrons. The van der Waals surface area contributed by atoms with E-state index in [2.05, 4.69) is 33.1 Å². The number of likely N-dealkylation sites (tertiary alicyclic amines) is 1. The van der Waals surface area contributed by atoms with Crippen LogP contribution in [-0.4, -0.2) is 59.1 Å². The fourth-order valence-corrected chi connectivity index (χ4v) is 5.65. The monoisotopic (exact) mass is 451 g/mol. The number of aliphatic hydroxyl groups excluding tert-OH is 1. The fraction of sp³-hybridized carbons (Fsp3) is 0.462. The van der Waals surface area contributed by atoms with E-state index in [0.29, 0.717) is 11.8 Å². The predicted molar refractivity (Wildman–Crippen MR) is 131 cm³/mol. The molecule has 1 saturated heterocycles. The van der Waals surface area contributed by atoms with E-state index in [1.807, 2.05) is 48.6 Å². The van der Waals surface area contributed by atoms with E-state index in [-0.39, 0.29) is 6.61 Å². The Hall–Kier alpha value is -2.15. The molecule has 0 unspecified atom stereocenters. The lowest BCUT2D eigenvalue weighted by molar-refractivity contribution is 0.0710. The second-order valence-corrected chi connectivity index (χ2v) is 9.74. The molecule has 1 aromatic carbocycles. The van der Waals surface area contributed by atoms with Crippen molar-refractivity contribution in [1.82, 2.24) is 14.9 Å². The molecule has 32 heavy (non-hydrogen) atoms. The van der Waals surface area contributed by atoms with E-state index >= 15 is 0 Å². The molecule has 1 aliphatic rings. The van der Waals surface area contributed by atoms with Gasteiger partial charge < -0.3 is 14.7 Å². The van der Waals surface area contributed by atoms with Crippen molar-refractivity contribution in [3.63, 3.8) is 0 Å². The van der Waals surface area contributed by atoms with Gasteiger partial charge in [-0.15, -0.1) is 11.8 Å². The van der Waals surface area contributed by atoms with Gasteiger partial charge in [-0.2, -0.15) is 0 Å². The molecule has 0 radical (unpaired) electrons. The molecule has 0 aliphatic carbocycles. The first-order valence-electron chi connectivity index (χ1n) is 11.5. The van der Waals surface area contributed by atoms with Crippen LogP contribution in [0.1, 0.15) is 24.8 Å². The summed E-state index contributed by atoms with van der Waals surface area (Å²) in [5.74, 6) is 2.92. The molecular weight excluding hydrogens is 418 g/mol. The molecule has 3 heterocycles. The average molecular weight is 452 g/mol. The van der Waals surface area contributed by atoms with Crippen LogP contribution in [0.4, 0.5) is 0 Å². The lowest BCUT2D eigenvalue weighted by Crippen LogP contribution is -2.42. The van der Waals surface area contributed by atoms with E-state index in [1.165, 1.54) is 22.3 Å². The van der Waals surface area contributed by atoms with Gasteiger partial charge in [-0.1, -0.05) is 0 Å². The van der Waals surface area contributed by atoms with Gasteiger partial charge in [0.05, 0.1) is 12.6 Å². The second-order valence-electron chi connectivity index (χ2n) is 8.57. The molecule has 2 atom stereocenters. The van der Waals surface area contributed by atoms with Crippen molar-refractivity contribution in [2.75, 3.05) is 39.1 Å². The van der Waals surface area contributed by atoms with Crippen molar-refractivity contribution in [3.05, 3.63) is 60.6 Å². The Morgan fingerprint density at radius 1 is 1.19 bits per heavy atom. The first-order chi connectivity index (χ1) is 15.8. The standard InChI is InChI=1S/C26H33N3O2S/c1-31-23-7-8-26-25(16-23)21(9-12-28-26)5-2-4-20-10-13-29(18-22(20)19-30)14-15-32-24-6-3-11-27-17-24/h3,6-9,11-12,16-17,20,22,30H,2,4-5,10,13-15,18-19H2,1H3/t20-,22-/m1/s1. The molecule has 6 heteroatoms. The molecular formula is C26H33N3O2S.